The van der Waals surface area contributed by atoms with E-state index in [4.69, 9.17) is 9.47 Å². The summed E-state index contributed by atoms with van der Waals surface area (Å²) in [4.78, 5) is 11.5. The van der Waals surface area contributed by atoms with Crippen molar-refractivity contribution in [2.24, 2.45) is 7.05 Å². The van der Waals surface area contributed by atoms with Crippen LogP contribution < -0.4 is 5.32 Å². The van der Waals surface area contributed by atoms with Crippen molar-refractivity contribution in [1.82, 2.24) is 15.1 Å². The lowest BCUT2D eigenvalue weighted by Gasteiger charge is -2.13. The summed E-state index contributed by atoms with van der Waals surface area (Å²) in [5, 5.41) is 6.57. The van der Waals surface area contributed by atoms with Gasteiger partial charge in [-0.1, -0.05) is 0 Å². The summed E-state index contributed by atoms with van der Waals surface area (Å²) in [6, 6.07) is 0. The minimum Gasteiger partial charge on any atom is -0.354 e. The molecule has 0 saturated carbocycles. The molecule has 0 aliphatic carbocycles. The average molecular weight is 213 g/mol. The summed E-state index contributed by atoms with van der Waals surface area (Å²) in [7, 11) is 4.79. The van der Waals surface area contributed by atoms with Gasteiger partial charge in [0.25, 0.3) is 5.91 Å². The molecular formula is C9H15N3O3. The van der Waals surface area contributed by atoms with Crippen molar-refractivity contribution in [2.45, 2.75) is 6.29 Å². The van der Waals surface area contributed by atoms with E-state index >= 15 is 0 Å². The molecule has 1 aromatic heterocycles. The van der Waals surface area contributed by atoms with E-state index in [0.29, 0.717) is 12.1 Å². The van der Waals surface area contributed by atoms with E-state index in [9.17, 15) is 4.79 Å². The van der Waals surface area contributed by atoms with Crippen LogP contribution >= 0.6 is 0 Å². The molecule has 0 spiro atoms. The van der Waals surface area contributed by atoms with Crippen molar-refractivity contribution < 1.29 is 14.3 Å². The van der Waals surface area contributed by atoms with Crippen molar-refractivity contribution in [1.29, 1.82) is 0 Å². The number of aryl methyl sites for hydroxylation is 1. The van der Waals surface area contributed by atoms with Crippen LogP contribution in [0.5, 0.6) is 0 Å². The van der Waals surface area contributed by atoms with Crippen molar-refractivity contribution in [3.05, 3.63) is 18.0 Å². The second-order valence-electron chi connectivity index (χ2n) is 3.01. The molecule has 0 saturated heterocycles. The van der Waals surface area contributed by atoms with Crippen molar-refractivity contribution in [2.75, 3.05) is 20.8 Å². The van der Waals surface area contributed by atoms with Gasteiger partial charge < -0.3 is 14.8 Å². The standard InChI is InChI=1S/C9H15N3O3/c1-12-6-7(4-11-12)9(13)10-5-8(14-2)15-3/h4,6,8H,5H2,1-3H3,(H,10,13). The molecule has 6 nitrogen and oxygen atoms in total. The second-order valence-corrected chi connectivity index (χ2v) is 3.01. The lowest BCUT2D eigenvalue weighted by atomic mass is 10.3. The molecule has 6 heteroatoms. The van der Waals surface area contributed by atoms with E-state index in [1.165, 1.54) is 20.4 Å². The number of ether oxygens (including phenoxy) is 2. The number of carbonyl (C=O) groups excluding carboxylic acids is 1. The largest absolute Gasteiger partial charge is 0.354 e. The zero-order valence-electron chi connectivity index (χ0n) is 9.06. The van der Waals surface area contributed by atoms with Gasteiger partial charge in [0.1, 0.15) is 0 Å². The molecule has 15 heavy (non-hydrogen) atoms. The van der Waals surface area contributed by atoms with E-state index in [2.05, 4.69) is 10.4 Å². The normalized spacial score (nSPS) is 10.7. The zero-order valence-corrected chi connectivity index (χ0v) is 9.06. The molecule has 1 amide bonds. The maximum Gasteiger partial charge on any atom is 0.254 e. The van der Waals surface area contributed by atoms with Crippen LogP contribution in [0.25, 0.3) is 0 Å². The Morgan fingerprint density at radius 1 is 1.60 bits per heavy atom. The van der Waals surface area contributed by atoms with E-state index in [1.54, 1.807) is 17.9 Å². The molecule has 0 aliphatic heterocycles. The van der Waals surface area contributed by atoms with Gasteiger partial charge >= 0.3 is 0 Å². The number of hydrogen-bond donors (Lipinski definition) is 1. The molecule has 0 aromatic carbocycles. The van der Waals surface area contributed by atoms with Gasteiger partial charge in [-0.15, -0.1) is 0 Å². The Kier molecular flexibility index (Phi) is 4.26. The van der Waals surface area contributed by atoms with Gasteiger partial charge in [-0.25, -0.2) is 0 Å². The first-order valence-electron chi connectivity index (χ1n) is 4.49. The van der Waals surface area contributed by atoms with Crippen LogP contribution in [-0.2, 0) is 16.5 Å². The van der Waals surface area contributed by atoms with Gasteiger partial charge in [0.15, 0.2) is 6.29 Å². The second kappa shape index (κ2) is 5.47. The highest BCUT2D eigenvalue weighted by Gasteiger charge is 2.10. The van der Waals surface area contributed by atoms with Crippen LogP contribution in [0.15, 0.2) is 12.4 Å². The molecule has 0 atom stereocenters. The quantitative estimate of drug-likeness (QED) is 0.686. The van der Waals surface area contributed by atoms with Crippen LogP contribution in [0, 0.1) is 0 Å². The lowest BCUT2D eigenvalue weighted by molar-refractivity contribution is -0.0974. The van der Waals surface area contributed by atoms with Crippen LogP contribution in [0.3, 0.4) is 0 Å². The first-order valence-corrected chi connectivity index (χ1v) is 4.49. The highest BCUT2D eigenvalue weighted by molar-refractivity contribution is 5.93. The number of nitrogens with zero attached hydrogens (tertiary/aromatic N) is 2. The Bertz CT molecular complexity index is 320. The Morgan fingerprint density at radius 2 is 2.27 bits per heavy atom. The zero-order chi connectivity index (χ0) is 11.3. The lowest BCUT2D eigenvalue weighted by Crippen LogP contribution is -2.33. The molecule has 1 N–H and O–H groups in total. The average Bonchev–Trinajstić information content (AvgIpc) is 2.66. The predicted molar refractivity (Wildman–Crippen MR) is 53.3 cm³/mol. The number of amides is 1. The molecule has 0 fully saturated rings. The minimum atomic E-state index is -0.425. The first kappa shape index (κ1) is 11.7. The fourth-order valence-electron chi connectivity index (χ4n) is 1.08. The minimum absolute atomic E-state index is 0.192. The molecule has 0 unspecified atom stereocenters. The molecule has 84 valence electrons. The predicted octanol–water partition coefficient (Wildman–Crippen LogP) is -0.231. The van der Waals surface area contributed by atoms with Gasteiger partial charge in [0.05, 0.1) is 18.3 Å². The third kappa shape index (κ3) is 3.34. The van der Waals surface area contributed by atoms with E-state index in [-0.39, 0.29) is 5.91 Å². The van der Waals surface area contributed by atoms with Crippen molar-refractivity contribution in [3.8, 4) is 0 Å². The van der Waals surface area contributed by atoms with Crippen LogP contribution in [-0.4, -0.2) is 42.7 Å². The highest BCUT2D eigenvalue weighted by atomic mass is 16.7. The molecule has 0 bridgehead atoms. The fourth-order valence-corrected chi connectivity index (χ4v) is 1.08. The number of nitrogens with one attached hydrogen (secondary N) is 1. The third-order valence-electron chi connectivity index (χ3n) is 1.92. The smallest absolute Gasteiger partial charge is 0.254 e. The Hall–Kier alpha value is -1.40. The number of aromatic nitrogens is 2. The van der Waals surface area contributed by atoms with Crippen LogP contribution in [0.4, 0.5) is 0 Å². The maximum atomic E-state index is 11.5. The summed E-state index contributed by atoms with van der Waals surface area (Å²) in [6.07, 6.45) is 2.72. The van der Waals surface area contributed by atoms with E-state index < -0.39 is 6.29 Å². The monoisotopic (exact) mass is 213 g/mol. The van der Waals surface area contributed by atoms with Gasteiger partial charge in [0.2, 0.25) is 0 Å². The summed E-state index contributed by atoms with van der Waals surface area (Å²) < 4.78 is 11.4. The van der Waals surface area contributed by atoms with E-state index in [0.717, 1.165) is 0 Å². The van der Waals surface area contributed by atoms with Gasteiger partial charge in [0, 0.05) is 27.5 Å². The molecular weight excluding hydrogens is 198 g/mol. The van der Waals surface area contributed by atoms with E-state index in [1.807, 2.05) is 0 Å². The summed E-state index contributed by atoms with van der Waals surface area (Å²) in [5.41, 5.74) is 0.517. The first-order chi connectivity index (χ1) is 7.17. The SMILES string of the molecule is COC(CNC(=O)c1cnn(C)c1)OC. The molecule has 1 aromatic rings. The number of rotatable bonds is 5. The van der Waals surface area contributed by atoms with Crippen LogP contribution in [0.1, 0.15) is 10.4 Å². The van der Waals surface area contributed by atoms with Gasteiger partial charge in [-0.2, -0.15) is 5.10 Å². The Morgan fingerprint density at radius 3 is 2.73 bits per heavy atom. The van der Waals surface area contributed by atoms with Gasteiger partial charge in [-0.3, -0.25) is 9.48 Å². The number of methoxy groups -OCH3 is 2. The topological polar surface area (TPSA) is 65.4 Å². The molecule has 1 rings (SSSR count). The summed E-state index contributed by atoms with van der Waals surface area (Å²) in [6.45, 7) is 0.306. The Balaban J connectivity index is 2.42. The third-order valence-corrected chi connectivity index (χ3v) is 1.92. The van der Waals surface area contributed by atoms with Gasteiger partial charge in [-0.05, 0) is 0 Å². The van der Waals surface area contributed by atoms with Crippen molar-refractivity contribution >= 4 is 5.91 Å². The molecule has 0 aliphatic rings. The number of hydrogen-bond acceptors (Lipinski definition) is 4. The summed E-state index contributed by atoms with van der Waals surface area (Å²) in [5.74, 6) is -0.192. The summed E-state index contributed by atoms with van der Waals surface area (Å²) >= 11 is 0. The fraction of sp³-hybridized carbons (Fsp3) is 0.556. The highest BCUT2D eigenvalue weighted by Crippen LogP contribution is 1.96. The molecule has 0 radical (unpaired) electrons. The van der Waals surface area contributed by atoms with Crippen molar-refractivity contribution in [3.63, 3.8) is 0 Å². The maximum absolute atomic E-state index is 11.5. The van der Waals surface area contributed by atoms with Crippen LogP contribution in [0.2, 0.25) is 0 Å². The Labute approximate surface area is 88.2 Å². The molecule has 1 heterocycles. The number of carbonyl (C=O) groups is 1.